The number of fused-ring (bicyclic) bond motifs is 1. The molecule has 0 radical (unpaired) electrons. The van der Waals surface area contributed by atoms with Crippen LogP contribution in [0, 0.1) is 11.7 Å². The van der Waals surface area contributed by atoms with E-state index >= 15 is 0 Å². The molecule has 1 aromatic rings. The van der Waals surface area contributed by atoms with Crippen molar-refractivity contribution < 1.29 is 9.18 Å². The highest BCUT2D eigenvalue weighted by molar-refractivity contribution is 5.85. The van der Waals surface area contributed by atoms with Gasteiger partial charge in [-0.05, 0) is 35.6 Å². The van der Waals surface area contributed by atoms with E-state index in [9.17, 15) is 9.18 Å². The Labute approximate surface area is 119 Å². The van der Waals surface area contributed by atoms with Gasteiger partial charge in [-0.25, -0.2) is 4.39 Å². The number of carbonyl (C=O) groups excluding carboxylic acids is 1. The van der Waals surface area contributed by atoms with E-state index in [-0.39, 0.29) is 30.0 Å². The van der Waals surface area contributed by atoms with Crippen LogP contribution in [0.4, 0.5) is 4.39 Å². The first kappa shape index (κ1) is 15.9. The minimum absolute atomic E-state index is 0. The maximum absolute atomic E-state index is 13.2. The molecule has 1 heterocycles. The summed E-state index contributed by atoms with van der Waals surface area (Å²) in [7, 11) is 0. The molecule has 5 heteroatoms. The number of nitrogens with zero attached hydrogens (tertiary/aromatic N) is 1. The van der Waals surface area contributed by atoms with Gasteiger partial charge in [-0.2, -0.15) is 0 Å². The Morgan fingerprint density at radius 2 is 2.05 bits per heavy atom. The van der Waals surface area contributed by atoms with Gasteiger partial charge in [0.25, 0.3) is 0 Å². The van der Waals surface area contributed by atoms with Gasteiger partial charge in [0.05, 0.1) is 6.04 Å². The van der Waals surface area contributed by atoms with Crippen LogP contribution in [0.1, 0.15) is 25.0 Å². The van der Waals surface area contributed by atoms with Crippen LogP contribution in [0.5, 0.6) is 0 Å². The van der Waals surface area contributed by atoms with Crippen LogP contribution in [-0.4, -0.2) is 23.4 Å². The van der Waals surface area contributed by atoms with Gasteiger partial charge in [0.15, 0.2) is 0 Å². The number of hydrogen-bond donors (Lipinski definition) is 1. The quantitative estimate of drug-likeness (QED) is 0.905. The number of halogens is 2. The molecule has 1 aliphatic heterocycles. The van der Waals surface area contributed by atoms with Crippen molar-refractivity contribution in [3.8, 4) is 0 Å². The highest BCUT2D eigenvalue weighted by Gasteiger charge is 2.26. The zero-order chi connectivity index (χ0) is 13.3. The molecule has 1 aromatic carbocycles. The van der Waals surface area contributed by atoms with Crippen molar-refractivity contribution in [1.29, 1.82) is 0 Å². The highest BCUT2D eigenvalue weighted by atomic mass is 35.5. The molecule has 2 rings (SSSR count). The molecule has 0 saturated heterocycles. The zero-order valence-corrected chi connectivity index (χ0v) is 12.0. The van der Waals surface area contributed by atoms with Crippen molar-refractivity contribution >= 4 is 18.3 Å². The lowest BCUT2D eigenvalue weighted by molar-refractivity contribution is -0.134. The van der Waals surface area contributed by atoms with Crippen molar-refractivity contribution in [3.63, 3.8) is 0 Å². The first-order valence-corrected chi connectivity index (χ1v) is 6.30. The van der Waals surface area contributed by atoms with E-state index in [1.165, 1.54) is 12.1 Å². The molecule has 0 fully saturated rings. The van der Waals surface area contributed by atoms with E-state index in [2.05, 4.69) is 0 Å². The second-order valence-corrected chi connectivity index (χ2v) is 5.19. The van der Waals surface area contributed by atoms with E-state index in [4.69, 9.17) is 5.73 Å². The molecule has 0 bridgehead atoms. The molecule has 1 atom stereocenters. The van der Waals surface area contributed by atoms with Gasteiger partial charge in [0, 0.05) is 13.1 Å². The van der Waals surface area contributed by atoms with Crippen LogP contribution in [0.3, 0.4) is 0 Å². The molecule has 0 unspecified atom stereocenters. The molecule has 106 valence electrons. The van der Waals surface area contributed by atoms with Gasteiger partial charge in [-0.15, -0.1) is 12.4 Å². The Kier molecular flexibility index (Phi) is 5.32. The standard InChI is InChI=1S/C14H19FN2O.ClH/c1-9(2)13(16)14(18)17-6-5-10-3-4-12(15)7-11(10)8-17;/h3-4,7,9,13H,5-6,8,16H2,1-2H3;1H/t13-;/m0./s1. The van der Waals surface area contributed by atoms with Gasteiger partial charge in [0.2, 0.25) is 5.91 Å². The lowest BCUT2D eigenvalue weighted by atomic mass is 9.97. The molecule has 3 nitrogen and oxygen atoms in total. The van der Waals surface area contributed by atoms with Crippen LogP contribution in [0.15, 0.2) is 18.2 Å². The summed E-state index contributed by atoms with van der Waals surface area (Å²) in [4.78, 5) is 13.9. The summed E-state index contributed by atoms with van der Waals surface area (Å²) in [5, 5.41) is 0. The predicted octanol–water partition coefficient (Wildman–Crippen LogP) is 2.12. The van der Waals surface area contributed by atoms with Crippen LogP contribution >= 0.6 is 12.4 Å². The van der Waals surface area contributed by atoms with E-state index in [1.807, 2.05) is 13.8 Å². The average molecular weight is 287 g/mol. The summed E-state index contributed by atoms with van der Waals surface area (Å²) >= 11 is 0. The number of hydrogen-bond acceptors (Lipinski definition) is 2. The summed E-state index contributed by atoms with van der Waals surface area (Å²) in [5.74, 6) is -0.178. The van der Waals surface area contributed by atoms with Crippen molar-refractivity contribution in [2.24, 2.45) is 11.7 Å². The van der Waals surface area contributed by atoms with Crippen LogP contribution in [0.25, 0.3) is 0 Å². The molecule has 1 aliphatic rings. The summed E-state index contributed by atoms with van der Waals surface area (Å²) in [6, 6.07) is 4.31. The van der Waals surface area contributed by atoms with Crippen molar-refractivity contribution in [2.75, 3.05) is 6.54 Å². The molecule has 2 N–H and O–H groups in total. The Bertz CT molecular complexity index is 465. The SMILES string of the molecule is CC(C)[C@H](N)C(=O)N1CCc2ccc(F)cc2C1.Cl. The molecule has 1 amide bonds. The largest absolute Gasteiger partial charge is 0.337 e. The predicted molar refractivity (Wildman–Crippen MR) is 75.6 cm³/mol. The summed E-state index contributed by atoms with van der Waals surface area (Å²) < 4.78 is 13.2. The Hall–Kier alpha value is -1.13. The van der Waals surface area contributed by atoms with Gasteiger partial charge < -0.3 is 10.6 Å². The molecule has 0 spiro atoms. The topological polar surface area (TPSA) is 46.3 Å². The molecule has 0 saturated carbocycles. The van der Waals surface area contributed by atoms with E-state index < -0.39 is 6.04 Å². The Balaban J connectivity index is 0.00000180. The maximum Gasteiger partial charge on any atom is 0.240 e. The van der Waals surface area contributed by atoms with Crippen molar-refractivity contribution in [1.82, 2.24) is 4.90 Å². The number of benzene rings is 1. The number of rotatable bonds is 2. The molecular weight excluding hydrogens is 267 g/mol. The fourth-order valence-corrected chi connectivity index (χ4v) is 2.21. The molecule has 0 aliphatic carbocycles. The lowest BCUT2D eigenvalue weighted by Gasteiger charge is -2.31. The van der Waals surface area contributed by atoms with Crippen LogP contribution in [-0.2, 0) is 17.8 Å². The second kappa shape index (κ2) is 6.35. The van der Waals surface area contributed by atoms with Crippen molar-refractivity contribution in [3.05, 3.63) is 35.1 Å². The Morgan fingerprint density at radius 3 is 2.68 bits per heavy atom. The maximum atomic E-state index is 13.2. The summed E-state index contributed by atoms with van der Waals surface area (Å²) in [5.41, 5.74) is 7.89. The second-order valence-electron chi connectivity index (χ2n) is 5.19. The third-order valence-electron chi connectivity index (χ3n) is 3.50. The lowest BCUT2D eigenvalue weighted by Crippen LogP contribution is -2.48. The number of nitrogens with two attached hydrogens (primary N) is 1. The first-order chi connectivity index (χ1) is 8.49. The summed E-state index contributed by atoms with van der Waals surface area (Å²) in [6.45, 7) is 4.99. The number of amides is 1. The summed E-state index contributed by atoms with van der Waals surface area (Å²) in [6.07, 6.45) is 0.770. The molecule has 0 aromatic heterocycles. The minimum Gasteiger partial charge on any atom is -0.337 e. The van der Waals surface area contributed by atoms with Crippen LogP contribution < -0.4 is 5.73 Å². The third-order valence-corrected chi connectivity index (χ3v) is 3.50. The highest BCUT2D eigenvalue weighted by Crippen LogP contribution is 2.21. The average Bonchev–Trinajstić information content (AvgIpc) is 2.35. The van der Waals surface area contributed by atoms with Gasteiger partial charge in [-0.1, -0.05) is 19.9 Å². The fraction of sp³-hybridized carbons (Fsp3) is 0.500. The number of carbonyl (C=O) groups is 1. The first-order valence-electron chi connectivity index (χ1n) is 6.30. The molecular formula is C14H20ClFN2O. The minimum atomic E-state index is -0.472. The molecule has 19 heavy (non-hydrogen) atoms. The van der Waals surface area contributed by atoms with Crippen LogP contribution in [0.2, 0.25) is 0 Å². The Morgan fingerprint density at radius 1 is 1.37 bits per heavy atom. The van der Waals surface area contributed by atoms with E-state index in [0.29, 0.717) is 13.1 Å². The van der Waals surface area contributed by atoms with E-state index in [0.717, 1.165) is 17.5 Å². The zero-order valence-electron chi connectivity index (χ0n) is 11.2. The normalized spacial score (nSPS) is 15.7. The monoisotopic (exact) mass is 286 g/mol. The fourth-order valence-electron chi connectivity index (χ4n) is 2.21. The smallest absolute Gasteiger partial charge is 0.240 e. The van der Waals surface area contributed by atoms with Gasteiger partial charge in [-0.3, -0.25) is 4.79 Å². The third kappa shape index (κ3) is 3.45. The van der Waals surface area contributed by atoms with E-state index in [1.54, 1.807) is 11.0 Å². The van der Waals surface area contributed by atoms with Gasteiger partial charge >= 0.3 is 0 Å². The van der Waals surface area contributed by atoms with Gasteiger partial charge in [0.1, 0.15) is 5.82 Å². The van der Waals surface area contributed by atoms with Crippen molar-refractivity contribution in [2.45, 2.75) is 32.9 Å².